The summed E-state index contributed by atoms with van der Waals surface area (Å²) in [4.78, 5) is 3.84. The van der Waals surface area contributed by atoms with Crippen LogP contribution in [0.5, 0.6) is 0 Å². The molecule has 0 amide bonds. The molecule has 29 heavy (non-hydrogen) atoms. The molecule has 0 N–H and O–H groups in total. The molecule has 156 valence electrons. The number of fused-ring (bicyclic) bond motifs is 1. The molecule has 1 unspecified atom stereocenters. The lowest BCUT2D eigenvalue weighted by atomic mass is 9.95. The van der Waals surface area contributed by atoms with Crippen LogP contribution in [0, 0.1) is 23.8 Å². The SMILES string of the molecule is [C-]#[N+]C(C)(C)c1cn(CC(CC#N)CO[Si](C)(C)C(C)(C)C)c2cc(Br)ccc12. The quantitative estimate of drug-likeness (QED) is 0.317. The van der Waals surface area contributed by atoms with E-state index >= 15 is 0 Å². The summed E-state index contributed by atoms with van der Waals surface area (Å²) in [6, 6.07) is 8.52. The van der Waals surface area contributed by atoms with Crippen LogP contribution in [0.3, 0.4) is 0 Å². The van der Waals surface area contributed by atoms with Gasteiger partial charge in [0.05, 0.1) is 11.6 Å². The summed E-state index contributed by atoms with van der Waals surface area (Å²) in [6.07, 6.45) is 2.54. The Bertz CT molecular complexity index is 957. The minimum Gasteiger partial charge on any atom is -0.416 e. The molecule has 0 radical (unpaired) electrons. The molecule has 1 atom stereocenters. The number of halogens is 1. The Kier molecular flexibility index (Phi) is 7.05. The molecule has 0 fully saturated rings. The number of hydrogen-bond donors (Lipinski definition) is 0. The highest BCUT2D eigenvalue weighted by Gasteiger charge is 2.37. The van der Waals surface area contributed by atoms with E-state index in [1.54, 1.807) is 0 Å². The monoisotopic (exact) mass is 473 g/mol. The van der Waals surface area contributed by atoms with E-state index in [4.69, 9.17) is 11.0 Å². The fraction of sp³-hybridized carbons (Fsp3) is 0.565. The van der Waals surface area contributed by atoms with Gasteiger partial charge in [0.25, 0.3) is 5.54 Å². The van der Waals surface area contributed by atoms with Crippen molar-refractivity contribution in [1.29, 1.82) is 5.26 Å². The number of benzene rings is 1. The molecule has 0 spiro atoms. The average molecular weight is 475 g/mol. The second kappa shape index (κ2) is 8.64. The van der Waals surface area contributed by atoms with E-state index in [0.29, 0.717) is 19.6 Å². The molecule has 6 heteroatoms. The van der Waals surface area contributed by atoms with Crippen molar-refractivity contribution >= 4 is 35.2 Å². The lowest BCUT2D eigenvalue weighted by molar-refractivity contribution is 0.216. The van der Waals surface area contributed by atoms with Gasteiger partial charge in [-0.15, -0.1) is 0 Å². The number of aromatic nitrogens is 1. The van der Waals surface area contributed by atoms with Crippen molar-refractivity contribution in [2.75, 3.05) is 6.61 Å². The Morgan fingerprint density at radius 1 is 1.28 bits per heavy atom. The summed E-state index contributed by atoms with van der Waals surface area (Å²) < 4.78 is 9.63. The Balaban J connectivity index is 2.38. The highest BCUT2D eigenvalue weighted by atomic mass is 79.9. The normalized spacial score (nSPS) is 13.9. The highest BCUT2D eigenvalue weighted by Crippen LogP contribution is 2.38. The molecule has 2 aromatic rings. The lowest BCUT2D eigenvalue weighted by Crippen LogP contribution is -2.42. The molecule has 1 heterocycles. The Hall–Kier alpha value is -1.60. The third-order valence-corrected chi connectivity index (χ3v) is 11.1. The van der Waals surface area contributed by atoms with Crippen LogP contribution in [0.15, 0.2) is 28.9 Å². The topological polar surface area (TPSA) is 42.3 Å². The van der Waals surface area contributed by atoms with Crippen LogP contribution in [0.2, 0.25) is 18.1 Å². The first-order valence-corrected chi connectivity index (χ1v) is 13.7. The summed E-state index contributed by atoms with van der Waals surface area (Å²) in [5.41, 5.74) is 1.51. The van der Waals surface area contributed by atoms with Crippen molar-refractivity contribution < 1.29 is 4.43 Å². The number of rotatable bonds is 7. The lowest BCUT2D eigenvalue weighted by Gasteiger charge is -2.37. The minimum absolute atomic E-state index is 0.104. The maximum Gasteiger partial charge on any atom is 0.254 e. The second-order valence-electron chi connectivity index (χ2n) is 9.83. The summed E-state index contributed by atoms with van der Waals surface area (Å²) in [5, 5.41) is 10.6. The van der Waals surface area contributed by atoms with Crippen molar-refractivity contribution in [3.05, 3.63) is 45.8 Å². The fourth-order valence-corrected chi connectivity index (χ4v) is 4.52. The van der Waals surface area contributed by atoms with Gasteiger partial charge in [-0.25, -0.2) is 6.57 Å². The van der Waals surface area contributed by atoms with E-state index in [1.165, 1.54) is 0 Å². The molecule has 2 rings (SSSR count). The smallest absolute Gasteiger partial charge is 0.254 e. The van der Waals surface area contributed by atoms with E-state index < -0.39 is 13.9 Å². The van der Waals surface area contributed by atoms with Gasteiger partial charge < -0.3 is 13.8 Å². The third-order valence-electron chi connectivity index (χ3n) is 6.10. The van der Waals surface area contributed by atoms with Crippen LogP contribution < -0.4 is 0 Å². The van der Waals surface area contributed by atoms with Crippen LogP contribution in [0.4, 0.5) is 0 Å². The van der Waals surface area contributed by atoms with Crippen molar-refractivity contribution in [2.24, 2.45) is 5.92 Å². The molecule has 4 nitrogen and oxygen atoms in total. The van der Waals surface area contributed by atoms with Gasteiger partial charge in [0, 0.05) is 60.9 Å². The highest BCUT2D eigenvalue weighted by molar-refractivity contribution is 9.10. The van der Waals surface area contributed by atoms with Crippen LogP contribution >= 0.6 is 15.9 Å². The molecular weight excluding hydrogens is 442 g/mol. The molecule has 0 aliphatic heterocycles. The van der Waals surface area contributed by atoms with E-state index in [-0.39, 0.29) is 11.0 Å². The summed E-state index contributed by atoms with van der Waals surface area (Å²) >= 11 is 3.57. The van der Waals surface area contributed by atoms with Gasteiger partial charge in [0.2, 0.25) is 0 Å². The predicted octanol–water partition coefficient (Wildman–Crippen LogP) is 7.11. The summed E-state index contributed by atoms with van der Waals surface area (Å²) in [5.74, 6) is 0.104. The zero-order chi connectivity index (χ0) is 22.0. The first-order valence-electron chi connectivity index (χ1n) is 10.0. The van der Waals surface area contributed by atoms with Crippen LogP contribution in [0.1, 0.15) is 46.6 Å². The van der Waals surface area contributed by atoms with Gasteiger partial charge in [-0.2, -0.15) is 5.26 Å². The predicted molar refractivity (Wildman–Crippen MR) is 126 cm³/mol. The fourth-order valence-electron chi connectivity index (χ4n) is 3.09. The van der Waals surface area contributed by atoms with Gasteiger partial charge >= 0.3 is 0 Å². The number of hydrogen-bond acceptors (Lipinski definition) is 2. The van der Waals surface area contributed by atoms with Crippen molar-refractivity contribution in [2.45, 2.75) is 71.3 Å². The maximum atomic E-state index is 9.38. The molecule has 1 aromatic carbocycles. The van der Waals surface area contributed by atoms with Gasteiger partial charge in [-0.1, -0.05) is 42.8 Å². The Labute approximate surface area is 184 Å². The average Bonchev–Trinajstić information content (AvgIpc) is 2.97. The van der Waals surface area contributed by atoms with Gasteiger partial charge in [-0.3, -0.25) is 0 Å². The van der Waals surface area contributed by atoms with E-state index in [1.807, 2.05) is 19.9 Å². The third kappa shape index (κ3) is 5.31. The van der Waals surface area contributed by atoms with Crippen LogP contribution in [-0.4, -0.2) is 19.5 Å². The van der Waals surface area contributed by atoms with Gasteiger partial charge in [0.1, 0.15) is 0 Å². The molecular formula is C23H32BrN3OSi. The first kappa shape index (κ1) is 23.7. The molecule has 0 saturated heterocycles. The van der Waals surface area contributed by atoms with Crippen molar-refractivity contribution in [3.63, 3.8) is 0 Å². The largest absolute Gasteiger partial charge is 0.416 e. The molecule has 0 aliphatic carbocycles. The minimum atomic E-state index is -1.87. The molecule has 0 aliphatic rings. The van der Waals surface area contributed by atoms with Crippen LogP contribution in [-0.2, 0) is 16.5 Å². The molecule has 0 bridgehead atoms. The Morgan fingerprint density at radius 2 is 1.93 bits per heavy atom. The van der Waals surface area contributed by atoms with E-state index in [2.05, 4.69) is 83.6 Å². The van der Waals surface area contributed by atoms with Gasteiger partial charge in [-0.05, 0) is 30.3 Å². The number of nitrogens with zero attached hydrogens (tertiary/aromatic N) is 3. The molecule has 1 aromatic heterocycles. The van der Waals surface area contributed by atoms with Crippen molar-refractivity contribution in [3.8, 4) is 6.07 Å². The van der Waals surface area contributed by atoms with Gasteiger partial charge in [0.15, 0.2) is 8.32 Å². The first-order chi connectivity index (χ1) is 13.3. The number of nitriles is 1. The van der Waals surface area contributed by atoms with Crippen LogP contribution in [0.25, 0.3) is 15.7 Å². The van der Waals surface area contributed by atoms with E-state index in [0.717, 1.165) is 20.9 Å². The zero-order valence-corrected chi connectivity index (χ0v) is 21.2. The summed E-state index contributed by atoms with van der Waals surface area (Å²) in [6.45, 7) is 24.0. The zero-order valence-electron chi connectivity index (χ0n) is 18.6. The molecule has 0 saturated carbocycles. The second-order valence-corrected chi connectivity index (χ2v) is 15.6. The maximum absolute atomic E-state index is 9.38. The Morgan fingerprint density at radius 3 is 2.48 bits per heavy atom. The van der Waals surface area contributed by atoms with E-state index in [9.17, 15) is 5.26 Å². The van der Waals surface area contributed by atoms with Crippen molar-refractivity contribution in [1.82, 2.24) is 4.57 Å². The standard InChI is InChI=1S/C23H32BrN3OSi/c1-22(2,3)29(7,8)28-16-17(11-12-25)14-27-15-20(23(4,5)26-6)19-10-9-18(24)13-21(19)27/h9-10,13,15,17H,11,14,16H2,1-5,7-8H3. The summed E-state index contributed by atoms with van der Waals surface area (Å²) in [7, 11) is -1.87.